The zero-order chi connectivity index (χ0) is 17.1. The van der Waals surface area contributed by atoms with Gasteiger partial charge in [-0.05, 0) is 30.7 Å². The standard InChI is InChI=1S/C18H19BrN2O3/c1-2-12-10-21(11-16(12)22)18(23)13-6-7-17(20-9-13)24-15-5-3-4-14(19)8-15/h3-9,12,16,22H,2,10-11H2,1H3/t12-,16-/m1/s1. The van der Waals surface area contributed by atoms with E-state index < -0.39 is 6.10 Å². The normalized spacial score (nSPS) is 20.2. The van der Waals surface area contributed by atoms with Crippen LogP contribution in [0.4, 0.5) is 0 Å². The van der Waals surface area contributed by atoms with Crippen LogP contribution in [0.5, 0.6) is 11.6 Å². The lowest BCUT2D eigenvalue weighted by Gasteiger charge is -2.15. The number of halogens is 1. The molecule has 0 radical (unpaired) electrons. The summed E-state index contributed by atoms with van der Waals surface area (Å²) < 4.78 is 6.59. The molecular weight excluding hydrogens is 372 g/mol. The summed E-state index contributed by atoms with van der Waals surface area (Å²) in [5.74, 6) is 1.15. The summed E-state index contributed by atoms with van der Waals surface area (Å²) in [6, 6.07) is 10.8. The van der Waals surface area contributed by atoms with Crippen LogP contribution in [0.15, 0.2) is 47.1 Å². The highest BCUT2D eigenvalue weighted by atomic mass is 79.9. The molecule has 126 valence electrons. The number of pyridine rings is 1. The summed E-state index contributed by atoms with van der Waals surface area (Å²) in [7, 11) is 0. The number of aliphatic hydroxyl groups excluding tert-OH is 1. The Balaban J connectivity index is 1.67. The number of amides is 1. The van der Waals surface area contributed by atoms with Crippen molar-refractivity contribution in [3.8, 4) is 11.6 Å². The summed E-state index contributed by atoms with van der Waals surface area (Å²) in [5, 5.41) is 9.95. The van der Waals surface area contributed by atoms with Crippen molar-refractivity contribution in [1.29, 1.82) is 0 Å². The molecule has 1 N–H and O–H groups in total. The Morgan fingerprint density at radius 3 is 2.83 bits per heavy atom. The molecule has 1 fully saturated rings. The molecule has 0 spiro atoms. The Morgan fingerprint density at radius 2 is 2.21 bits per heavy atom. The summed E-state index contributed by atoms with van der Waals surface area (Å²) in [5.41, 5.74) is 0.501. The van der Waals surface area contributed by atoms with Crippen LogP contribution in [-0.4, -0.2) is 40.1 Å². The highest BCUT2D eigenvalue weighted by Crippen LogP contribution is 2.24. The average Bonchev–Trinajstić information content (AvgIpc) is 2.96. The largest absolute Gasteiger partial charge is 0.439 e. The molecule has 0 unspecified atom stereocenters. The first-order valence-electron chi connectivity index (χ1n) is 7.93. The van der Waals surface area contributed by atoms with E-state index >= 15 is 0 Å². The number of nitrogens with zero attached hydrogens (tertiary/aromatic N) is 2. The molecule has 1 aromatic carbocycles. The third-order valence-corrected chi connectivity index (χ3v) is 4.71. The van der Waals surface area contributed by atoms with E-state index in [1.54, 1.807) is 17.0 Å². The summed E-state index contributed by atoms with van der Waals surface area (Å²) in [4.78, 5) is 18.4. The van der Waals surface area contributed by atoms with Crippen LogP contribution in [0.25, 0.3) is 0 Å². The third kappa shape index (κ3) is 3.76. The fourth-order valence-corrected chi connectivity index (χ4v) is 3.20. The van der Waals surface area contributed by atoms with E-state index in [0.29, 0.717) is 30.3 Å². The van der Waals surface area contributed by atoms with Gasteiger partial charge < -0.3 is 14.7 Å². The van der Waals surface area contributed by atoms with E-state index in [1.807, 2.05) is 31.2 Å². The van der Waals surface area contributed by atoms with Crippen LogP contribution < -0.4 is 4.74 Å². The van der Waals surface area contributed by atoms with Gasteiger partial charge in [-0.3, -0.25) is 4.79 Å². The smallest absolute Gasteiger partial charge is 0.255 e. The van der Waals surface area contributed by atoms with E-state index in [-0.39, 0.29) is 11.8 Å². The predicted octanol–water partition coefficient (Wildman–Crippen LogP) is 3.48. The van der Waals surface area contributed by atoms with Gasteiger partial charge >= 0.3 is 0 Å². The fraction of sp³-hybridized carbons (Fsp3) is 0.333. The first kappa shape index (κ1) is 16.9. The third-order valence-electron chi connectivity index (χ3n) is 4.22. The van der Waals surface area contributed by atoms with Crippen molar-refractivity contribution in [1.82, 2.24) is 9.88 Å². The molecule has 2 heterocycles. The van der Waals surface area contributed by atoms with E-state index in [2.05, 4.69) is 20.9 Å². The van der Waals surface area contributed by atoms with Crippen LogP contribution in [0.1, 0.15) is 23.7 Å². The monoisotopic (exact) mass is 390 g/mol. The number of rotatable bonds is 4. The second kappa shape index (κ2) is 7.32. The SMILES string of the molecule is CC[C@@H]1CN(C(=O)c2ccc(Oc3cccc(Br)c3)nc2)C[C@H]1O. The van der Waals surface area contributed by atoms with E-state index in [9.17, 15) is 9.90 Å². The number of hydrogen-bond donors (Lipinski definition) is 1. The lowest BCUT2D eigenvalue weighted by molar-refractivity contribution is 0.0764. The number of aromatic nitrogens is 1. The zero-order valence-corrected chi connectivity index (χ0v) is 14.9. The molecule has 24 heavy (non-hydrogen) atoms. The van der Waals surface area contributed by atoms with Crippen LogP contribution in [0.3, 0.4) is 0 Å². The van der Waals surface area contributed by atoms with Gasteiger partial charge in [-0.1, -0.05) is 28.9 Å². The molecule has 1 aliphatic heterocycles. The second-order valence-corrected chi connectivity index (χ2v) is 6.81. The Bertz CT molecular complexity index is 720. The van der Waals surface area contributed by atoms with Crippen molar-refractivity contribution in [3.63, 3.8) is 0 Å². The number of aliphatic hydroxyl groups is 1. The molecule has 3 rings (SSSR count). The van der Waals surface area contributed by atoms with Crippen molar-refractivity contribution in [2.45, 2.75) is 19.4 Å². The molecule has 1 aromatic heterocycles. The molecule has 0 bridgehead atoms. The first-order chi connectivity index (χ1) is 11.6. The van der Waals surface area contributed by atoms with Crippen LogP contribution in [-0.2, 0) is 0 Å². The molecule has 1 saturated heterocycles. The highest BCUT2D eigenvalue weighted by molar-refractivity contribution is 9.10. The van der Waals surface area contributed by atoms with Gasteiger partial charge in [0.2, 0.25) is 5.88 Å². The Labute approximate surface area is 149 Å². The minimum Gasteiger partial charge on any atom is -0.439 e. The van der Waals surface area contributed by atoms with Gasteiger partial charge in [0, 0.05) is 35.7 Å². The average molecular weight is 391 g/mol. The molecular formula is C18H19BrN2O3. The van der Waals surface area contributed by atoms with E-state index in [1.165, 1.54) is 6.20 Å². The second-order valence-electron chi connectivity index (χ2n) is 5.89. The van der Waals surface area contributed by atoms with Gasteiger partial charge in [0.15, 0.2) is 0 Å². The maximum atomic E-state index is 12.5. The highest BCUT2D eigenvalue weighted by Gasteiger charge is 2.33. The maximum absolute atomic E-state index is 12.5. The number of carbonyl (C=O) groups is 1. The van der Waals surface area contributed by atoms with Gasteiger partial charge in [0.05, 0.1) is 11.7 Å². The molecule has 6 heteroatoms. The van der Waals surface area contributed by atoms with Gasteiger partial charge in [-0.15, -0.1) is 0 Å². The van der Waals surface area contributed by atoms with Crippen LogP contribution >= 0.6 is 15.9 Å². The van der Waals surface area contributed by atoms with Crippen LogP contribution in [0.2, 0.25) is 0 Å². The summed E-state index contributed by atoms with van der Waals surface area (Å²) >= 11 is 3.39. The molecule has 2 aromatic rings. The number of β-amino-alcohol motifs (C(OH)–C–C–N with tert-alkyl or cyclic N) is 1. The van der Waals surface area contributed by atoms with E-state index in [4.69, 9.17) is 4.74 Å². The molecule has 1 aliphatic rings. The predicted molar refractivity (Wildman–Crippen MR) is 94.1 cm³/mol. The summed E-state index contributed by atoms with van der Waals surface area (Å²) in [6.07, 6.45) is 1.94. The molecule has 2 atom stereocenters. The van der Waals surface area contributed by atoms with Crippen molar-refractivity contribution >= 4 is 21.8 Å². The van der Waals surface area contributed by atoms with E-state index in [0.717, 1.165) is 10.9 Å². The van der Waals surface area contributed by atoms with Gasteiger partial charge in [0.1, 0.15) is 5.75 Å². The zero-order valence-electron chi connectivity index (χ0n) is 13.4. The van der Waals surface area contributed by atoms with Crippen molar-refractivity contribution in [3.05, 3.63) is 52.6 Å². The van der Waals surface area contributed by atoms with Gasteiger partial charge in [-0.25, -0.2) is 4.98 Å². The van der Waals surface area contributed by atoms with Gasteiger partial charge in [-0.2, -0.15) is 0 Å². The van der Waals surface area contributed by atoms with Crippen molar-refractivity contribution < 1.29 is 14.6 Å². The number of likely N-dealkylation sites (tertiary alicyclic amines) is 1. The quantitative estimate of drug-likeness (QED) is 0.867. The number of benzene rings is 1. The van der Waals surface area contributed by atoms with Crippen molar-refractivity contribution in [2.24, 2.45) is 5.92 Å². The maximum Gasteiger partial charge on any atom is 0.255 e. The Morgan fingerprint density at radius 1 is 1.38 bits per heavy atom. The molecule has 0 aliphatic carbocycles. The Hall–Kier alpha value is -1.92. The summed E-state index contributed by atoms with van der Waals surface area (Å²) in [6.45, 7) is 3.00. The lowest BCUT2D eigenvalue weighted by Crippen LogP contribution is -2.29. The topological polar surface area (TPSA) is 62.7 Å². The van der Waals surface area contributed by atoms with Crippen LogP contribution in [0, 0.1) is 5.92 Å². The Kier molecular flexibility index (Phi) is 5.16. The van der Waals surface area contributed by atoms with Gasteiger partial charge in [0.25, 0.3) is 5.91 Å². The van der Waals surface area contributed by atoms with Crippen molar-refractivity contribution in [2.75, 3.05) is 13.1 Å². The number of carbonyl (C=O) groups excluding carboxylic acids is 1. The minimum atomic E-state index is -0.439. The number of ether oxygens (including phenoxy) is 1. The first-order valence-corrected chi connectivity index (χ1v) is 8.73. The lowest BCUT2D eigenvalue weighted by atomic mass is 10.0. The number of hydrogen-bond acceptors (Lipinski definition) is 4. The molecule has 0 saturated carbocycles. The fourth-order valence-electron chi connectivity index (χ4n) is 2.82. The molecule has 1 amide bonds. The molecule has 5 nitrogen and oxygen atoms in total. The minimum absolute atomic E-state index is 0.105.